The van der Waals surface area contributed by atoms with Crippen LogP contribution in [0.15, 0.2) is 48.5 Å². The highest BCUT2D eigenvalue weighted by Gasteiger charge is 2.47. The number of fused-ring (bicyclic) bond motifs is 1. The molecule has 136 valence electrons. The quantitative estimate of drug-likeness (QED) is 0.845. The number of rotatable bonds is 3. The monoisotopic (exact) mass is 352 g/mol. The number of nitrogens with zero attached hydrogens (tertiary/aromatic N) is 2. The van der Waals surface area contributed by atoms with Gasteiger partial charge in [0.15, 0.2) is 0 Å². The molecule has 2 saturated heterocycles. The highest BCUT2D eigenvalue weighted by Crippen LogP contribution is 2.44. The molecule has 2 aliphatic rings. The van der Waals surface area contributed by atoms with Gasteiger partial charge in [-0.2, -0.15) is 0 Å². The van der Waals surface area contributed by atoms with Crippen molar-refractivity contribution in [3.8, 4) is 0 Å². The van der Waals surface area contributed by atoms with Crippen molar-refractivity contribution in [2.24, 2.45) is 11.8 Å². The summed E-state index contributed by atoms with van der Waals surface area (Å²) in [5, 5.41) is 0. The van der Waals surface area contributed by atoms with E-state index < -0.39 is 0 Å². The van der Waals surface area contributed by atoms with Crippen LogP contribution in [0.4, 0.5) is 4.39 Å². The van der Waals surface area contributed by atoms with Gasteiger partial charge >= 0.3 is 0 Å². The molecule has 1 amide bonds. The predicted molar refractivity (Wildman–Crippen MR) is 100 cm³/mol. The lowest BCUT2D eigenvalue weighted by molar-refractivity contribution is -0.129. The van der Waals surface area contributed by atoms with Crippen molar-refractivity contribution in [3.63, 3.8) is 0 Å². The van der Waals surface area contributed by atoms with Gasteiger partial charge in [0.05, 0.1) is 6.42 Å². The van der Waals surface area contributed by atoms with Crippen LogP contribution >= 0.6 is 0 Å². The van der Waals surface area contributed by atoms with Crippen LogP contribution in [0.2, 0.25) is 0 Å². The maximum absolute atomic E-state index is 13.1. The minimum absolute atomic E-state index is 0.150. The molecule has 4 heteroatoms. The molecule has 0 saturated carbocycles. The average Bonchev–Trinajstić information content (AvgIpc) is 3.15. The third-order valence-electron chi connectivity index (χ3n) is 6.02. The number of hydrogen-bond donors (Lipinski definition) is 0. The largest absolute Gasteiger partial charge is 0.342 e. The number of hydrogen-bond acceptors (Lipinski definition) is 2. The lowest BCUT2D eigenvalue weighted by atomic mass is 9.88. The second-order valence-electron chi connectivity index (χ2n) is 7.77. The smallest absolute Gasteiger partial charge is 0.227 e. The third kappa shape index (κ3) is 3.14. The van der Waals surface area contributed by atoms with Crippen LogP contribution < -0.4 is 0 Å². The van der Waals surface area contributed by atoms with Gasteiger partial charge in [-0.15, -0.1) is 0 Å². The maximum Gasteiger partial charge on any atom is 0.227 e. The van der Waals surface area contributed by atoms with Crippen molar-refractivity contribution in [3.05, 3.63) is 71.0 Å². The summed E-state index contributed by atoms with van der Waals surface area (Å²) in [5.41, 5.74) is 3.58. The first-order valence-electron chi connectivity index (χ1n) is 9.31. The molecule has 0 spiro atoms. The SMILES string of the molecule is Cc1ccccc1[C@H]1[C@@H]2CN(C(=O)Cc3ccc(F)cc3)C[C@@H]2CN1C. The summed E-state index contributed by atoms with van der Waals surface area (Å²) >= 11 is 0. The molecule has 2 fully saturated rings. The number of benzene rings is 2. The van der Waals surface area contributed by atoms with Crippen LogP contribution in [0.3, 0.4) is 0 Å². The van der Waals surface area contributed by atoms with Crippen molar-refractivity contribution < 1.29 is 9.18 Å². The van der Waals surface area contributed by atoms with E-state index in [1.807, 2.05) is 4.90 Å². The predicted octanol–water partition coefficient (Wildman–Crippen LogP) is 3.44. The zero-order valence-electron chi connectivity index (χ0n) is 15.4. The minimum atomic E-state index is -0.263. The zero-order valence-corrected chi connectivity index (χ0v) is 15.4. The molecule has 0 aromatic heterocycles. The molecule has 2 heterocycles. The van der Waals surface area contributed by atoms with Gasteiger partial charge in [0.2, 0.25) is 5.91 Å². The lowest BCUT2D eigenvalue weighted by Crippen LogP contribution is -2.34. The molecular formula is C22H25FN2O. The van der Waals surface area contributed by atoms with E-state index in [-0.39, 0.29) is 11.7 Å². The van der Waals surface area contributed by atoms with E-state index in [0.29, 0.717) is 24.3 Å². The minimum Gasteiger partial charge on any atom is -0.342 e. The van der Waals surface area contributed by atoms with Crippen molar-refractivity contribution in [2.45, 2.75) is 19.4 Å². The van der Waals surface area contributed by atoms with Gasteiger partial charge in [-0.3, -0.25) is 9.69 Å². The summed E-state index contributed by atoms with van der Waals surface area (Å²) in [5.74, 6) is 0.901. The van der Waals surface area contributed by atoms with Gasteiger partial charge in [-0.25, -0.2) is 4.39 Å². The summed E-state index contributed by atoms with van der Waals surface area (Å²) in [6, 6.07) is 15.2. The van der Waals surface area contributed by atoms with Gasteiger partial charge < -0.3 is 4.90 Å². The van der Waals surface area contributed by atoms with Crippen molar-refractivity contribution in [1.29, 1.82) is 0 Å². The maximum atomic E-state index is 13.1. The van der Waals surface area contributed by atoms with Crippen LogP contribution in [0, 0.1) is 24.6 Å². The molecule has 2 aromatic carbocycles. The summed E-state index contributed by atoms with van der Waals surface area (Å²) in [6.45, 7) is 4.85. The molecule has 3 nitrogen and oxygen atoms in total. The van der Waals surface area contributed by atoms with E-state index >= 15 is 0 Å². The first kappa shape index (κ1) is 17.2. The molecule has 4 rings (SSSR count). The number of aryl methyl sites for hydroxylation is 1. The van der Waals surface area contributed by atoms with Gasteiger partial charge in [0.25, 0.3) is 0 Å². The van der Waals surface area contributed by atoms with Crippen molar-refractivity contribution in [1.82, 2.24) is 9.80 Å². The molecule has 2 aromatic rings. The first-order chi connectivity index (χ1) is 12.5. The van der Waals surface area contributed by atoms with Crippen LogP contribution in [0.25, 0.3) is 0 Å². The highest BCUT2D eigenvalue weighted by atomic mass is 19.1. The number of halogens is 1. The lowest BCUT2D eigenvalue weighted by Gasteiger charge is -2.28. The fourth-order valence-electron chi connectivity index (χ4n) is 4.74. The number of amides is 1. The van der Waals surface area contributed by atoms with E-state index in [1.54, 1.807) is 12.1 Å². The topological polar surface area (TPSA) is 23.6 Å². The molecular weight excluding hydrogens is 327 g/mol. The van der Waals surface area contributed by atoms with Crippen LogP contribution in [-0.4, -0.2) is 42.4 Å². The van der Waals surface area contributed by atoms with E-state index in [9.17, 15) is 9.18 Å². The second kappa shape index (κ2) is 6.84. The Morgan fingerprint density at radius 1 is 1.08 bits per heavy atom. The fraction of sp³-hybridized carbons (Fsp3) is 0.409. The standard InChI is InChI=1S/C22H25FN2O/c1-15-5-3-4-6-19(15)22-20-14-25(13-17(20)12-24(22)2)21(26)11-16-7-9-18(23)10-8-16/h3-10,17,20,22H,11-14H2,1-2H3/t17-,20+,22-/m0/s1. The molecule has 0 aliphatic carbocycles. The summed E-state index contributed by atoms with van der Waals surface area (Å²) in [4.78, 5) is 17.2. The summed E-state index contributed by atoms with van der Waals surface area (Å²) < 4.78 is 13.1. The van der Waals surface area contributed by atoms with E-state index in [1.165, 1.54) is 23.3 Å². The Balaban J connectivity index is 1.48. The highest BCUT2D eigenvalue weighted by molar-refractivity contribution is 5.79. The van der Waals surface area contributed by atoms with Gasteiger partial charge in [-0.05, 0) is 48.7 Å². The molecule has 0 radical (unpaired) electrons. The molecule has 0 unspecified atom stereocenters. The Morgan fingerprint density at radius 2 is 1.81 bits per heavy atom. The van der Waals surface area contributed by atoms with Gasteiger partial charge in [-0.1, -0.05) is 36.4 Å². The van der Waals surface area contributed by atoms with Crippen LogP contribution in [0.1, 0.15) is 22.7 Å². The third-order valence-corrected chi connectivity index (χ3v) is 6.02. The average molecular weight is 352 g/mol. The normalized spacial score (nSPS) is 25.5. The Bertz CT molecular complexity index is 804. The molecule has 3 atom stereocenters. The van der Waals surface area contributed by atoms with E-state index in [4.69, 9.17) is 0 Å². The molecule has 0 bridgehead atoms. The fourth-order valence-corrected chi connectivity index (χ4v) is 4.74. The summed E-state index contributed by atoms with van der Waals surface area (Å²) in [7, 11) is 2.19. The number of likely N-dealkylation sites (tertiary alicyclic amines) is 2. The van der Waals surface area contributed by atoms with Crippen molar-refractivity contribution in [2.75, 3.05) is 26.7 Å². The Hall–Kier alpha value is -2.20. The van der Waals surface area contributed by atoms with Gasteiger partial charge in [0.1, 0.15) is 5.82 Å². The van der Waals surface area contributed by atoms with Crippen LogP contribution in [0.5, 0.6) is 0 Å². The molecule has 0 N–H and O–H groups in total. The zero-order chi connectivity index (χ0) is 18.3. The Morgan fingerprint density at radius 3 is 2.54 bits per heavy atom. The van der Waals surface area contributed by atoms with E-state index in [2.05, 4.69) is 43.1 Å². The molecule has 26 heavy (non-hydrogen) atoms. The first-order valence-corrected chi connectivity index (χ1v) is 9.31. The van der Waals surface area contributed by atoms with Crippen LogP contribution in [-0.2, 0) is 11.2 Å². The van der Waals surface area contributed by atoms with E-state index in [0.717, 1.165) is 25.2 Å². The van der Waals surface area contributed by atoms with Crippen molar-refractivity contribution >= 4 is 5.91 Å². The Kier molecular flexibility index (Phi) is 4.53. The van der Waals surface area contributed by atoms with Gasteiger partial charge in [0, 0.05) is 31.6 Å². The Labute approximate surface area is 154 Å². The second-order valence-corrected chi connectivity index (χ2v) is 7.77. The number of carbonyl (C=O) groups excluding carboxylic acids is 1. The molecule has 2 aliphatic heterocycles. The number of carbonyl (C=O) groups is 1. The summed E-state index contributed by atoms with van der Waals surface area (Å²) in [6.07, 6.45) is 0.352.